The van der Waals surface area contributed by atoms with Gasteiger partial charge < -0.3 is 9.47 Å². The summed E-state index contributed by atoms with van der Waals surface area (Å²) >= 11 is 0. The molecule has 0 aromatic heterocycles. The SMILES string of the molecule is Cc1ccc(Oc2ccccc2OCc2ccccc2)cc1. The van der Waals surface area contributed by atoms with Gasteiger partial charge in [-0.25, -0.2) is 0 Å². The lowest BCUT2D eigenvalue weighted by Gasteiger charge is -2.12. The summed E-state index contributed by atoms with van der Waals surface area (Å²) in [6.07, 6.45) is 0. The minimum absolute atomic E-state index is 0.523. The Hall–Kier alpha value is -2.74. The molecule has 0 N–H and O–H groups in total. The molecule has 110 valence electrons. The summed E-state index contributed by atoms with van der Waals surface area (Å²) in [7, 11) is 0. The third kappa shape index (κ3) is 3.67. The standard InChI is InChI=1S/C20H18O2/c1-16-11-13-18(14-12-16)22-20-10-6-5-9-19(20)21-15-17-7-3-2-4-8-17/h2-14H,15H2,1H3. The topological polar surface area (TPSA) is 18.5 Å². The highest BCUT2D eigenvalue weighted by Gasteiger charge is 2.06. The minimum atomic E-state index is 0.523. The van der Waals surface area contributed by atoms with E-state index in [0.29, 0.717) is 6.61 Å². The van der Waals surface area contributed by atoms with E-state index in [1.54, 1.807) is 0 Å². The van der Waals surface area contributed by atoms with E-state index < -0.39 is 0 Å². The van der Waals surface area contributed by atoms with Crippen LogP contribution in [0.2, 0.25) is 0 Å². The van der Waals surface area contributed by atoms with Gasteiger partial charge in [0.1, 0.15) is 12.4 Å². The van der Waals surface area contributed by atoms with Crippen LogP contribution in [0.1, 0.15) is 11.1 Å². The van der Waals surface area contributed by atoms with E-state index in [2.05, 4.69) is 6.92 Å². The Bertz CT molecular complexity index is 718. The second-order valence-corrected chi connectivity index (χ2v) is 5.14. The van der Waals surface area contributed by atoms with Crippen molar-refractivity contribution in [3.63, 3.8) is 0 Å². The first-order chi connectivity index (χ1) is 10.8. The summed E-state index contributed by atoms with van der Waals surface area (Å²) < 4.78 is 11.8. The predicted molar refractivity (Wildman–Crippen MR) is 88.5 cm³/mol. The number of aryl methyl sites for hydroxylation is 1. The third-order valence-electron chi connectivity index (χ3n) is 3.34. The van der Waals surface area contributed by atoms with Crippen molar-refractivity contribution in [3.8, 4) is 17.2 Å². The molecule has 0 fully saturated rings. The molecule has 0 radical (unpaired) electrons. The van der Waals surface area contributed by atoms with Gasteiger partial charge in [0.25, 0.3) is 0 Å². The van der Waals surface area contributed by atoms with Gasteiger partial charge in [0, 0.05) is 0 Å². The zero-order valence-corrected chi connectivity index (χ0v) is 12.5. The molecule has 0 aliphatic heterocycles. The first-order valence-corrected chi connectivity index (χ1v) is 7.31. The van der Waals surface area contributed by atoms with Gasteiger partial charge in [-0.05, 0) is 36.8 Å². The molecule has 0 aliphatic rings. The Labute approximate surface area is 131 Å². The molecule has 0 aliphatic carbocycles. The van der Waals surface area contributed by atoms with E-state index in [0.717, 1.165) is 22.8 Å². The van der Waals surface area contributed by atoms with Crippen molar-refractivity contribution in [3.05, 3.63) is 90.0 Å². The molecule has 0 bridgehead atoms. The summed E-state index contributed by atoms with van der Waals surface area (Å²) in [6.45, 7) is 2.58. The Kier molecular flexibility index (Phi) is 4.40. The zero-order chi connectivity index (χ0) is 15.2. The van der Waals surface area contributed by atoms with Gasteiger partial charge >= 0.3 is 0 Å². The van der Waals surface area contributed by atoms with Gasteiger partial charge in [0.15, 0.2) is 11.5 Å². The Morgan fingerprint density at radius 3 is 2.05 bits per heavy atom. The Morgan fingerprint density at radius 1 is 0.682 bits per heavy atom. The van der Waals surface area contributed by atoms with Gasteiger partial charge in [-0.3, -0.25) is 0 Å². The monoisotopic (exact) mass is 290 g/mol. The van der Waals surface area contributed by atoms with Crippen LogP contribution >= 0.6 is 0 Å². The Morgan fingerprint density at radius 2 is 1.32 bits per heavy atom. The summed E-state index contributed by atoms with van der Waals surface area (Å²) in [4.78, 5) is 0. The van der Waals surface area contributed by atoms with E-state index in [1.807, 2.05) is 78.9 Å². The largest absolute Gasteiger partial charge is 0.485 e. The fourth-order valence-electron chi connectivity index (χ4n) is 2.12. The lowest BCUT2D eigenvalue weighted by atomic mass is 10.2. The van der Waals surface area contributed by atoms with Crippen molar-refractivity contribution >= 4 is 0 Å². The molecule has 3 aromatic carbocycles. The minimum Gasteiger partial charge on any atom is -0.485 e. The number of para-hydroxylation sites is 2. The summed E-state index contributed by atoms with van der Waals surface area (Å²) in [5.41, 5.74) is 2.34. The second-order valence-electron chi connectivity index (χ2n) is 5.14. The maximum Gasteiger partial charge on any atom is 0.169 e. The fourth-order valence-corrected chi connectivity index (χ4v) is 2.12. The molecule has 0 heterocycles. The molecule has 0 amide bonds. The molecule has 0 atom stereocenters. The first-order valence-electron chi connectivity index (χ1n) is 7.31. The number of rotatable bonds is 5. The first kappa shape index (κ1) is 14.2. The lowest BCUT2D eigenvalue weighted by molar-refractivity contribution is 0.291. The molecule has 22 heavy (non-hydrogen) atoms. The maximum atomic E-state index is 5.93. The van der Waals surface area contributed by atoms with Gasteiger partial charge in [-0.2, -0.15) is 0 Å². The highest BCUT2D eigenvalue weighted by molar-refractivity contribution is 5.43. The van der Waals surface area contributed by atoms with Crippen molar-refractivity contribution in [1.29, 1.82) is 0 Å². The van der Waals surface area contributed by atoms with E-state index in [1.165, 1.54) is 5.56 Å². The van der Waals surface area contributed by atoms with E-state index in [9.17, 15) is 0 Å². The number of ether oxygens (including phenoxy) is 2. The van der Waals surface area contributed by atoms with Gasteiger partial charge in [-0.15, -0.1) is 0 Å². The molecule has 0 spiro atoms. The molecule has 0 saturated heterocycles. The van der Waals surface area contributed by atoms with Crippen molar-refractivity contribution < 1.29 is 9.47 Å². The number of hydrogen-bond donors (Lipinski definition) is 0. The van der Waals surface area contributed by atoms with Crippen LogP contribution in [0, 0.1) is 6.92 Å². The molecular weight excluding hydrogens is 272 g/mol. The number of benzene rings is 3. The number of hydrogen-bond acceptors (Lipinski definition) is 2. The van der Waals surface area contributed by atoms with Crippen molar-refractivity contribution in [1.82, 2.24) is 0 Å². The molecule has 2 nitrogen and oxygen atoms in total. The molecule has 3 aromatic rings. The van der Waals surface area contributed by atoms with Crippen molar-refractivity contribution in [2.24, 2.45) is 0 Å². The van der Waals surface area contributed by atoms with Crippen molar-refractivity contribution in [2.45, 2.75) is 13.5 Å². The fraction of sp³-hybridized carbons (Fsp3) is 0.100. The second kappa shape index (κ2) is 6.81. The predicted octanol–water partition coefficient (Wildman–Crippen LogP) is 5.37. The van der Waals surface area contributed by atoms with Gasteiger partial charge in [0.2, 0.25) is 0 Å². The highest BCUT2D eigenvalue weighted by Crippen LogP contribution is 2.31. The van der Waals surface area contributed by atoms with Crippen LogP contribution in [0.15, 0.2) is 78.9 Å². The Balaban J connectivity index is 1.73. The van der Waals surface area contributed by atoms with Crippen LogP contribution in [-0.4, -0.2) is 0 Å². The molecule has 2 heteroatoms. The highest BCUT2D eigenvalue weighted by atomic mass is 16.5. The van der Waals surface area contributed by atoms with Crippen LogP contribution in [0.5, 0.6) is 17.2 Å². The maximum absolute atomic E-state index is 5.93. The lowest BCUT2D eigenvalue weighted by Crippen LogP contribution is -1.97. The summed E-state index contributed by atoms with van der Waals surface area (Å²) in [6, 6.07) is 25.8. The van der Waals surface area contributed by atoms with E-state index in [-0.39, 0.29) is 0 Å². The van der Waals surface area contributed by atoms with Crippen LogP contribution in [0.25, 0.3) is 0 Å². The third-order valence-corrected chi connectivity index (χ3v) is 3.34. The molecule has 0 unspecified atom stereocenters. The van der Waals surface area contributed by atoms with E-state index in [4.69, 9.17) is 9.47 Å². The van der Waals surface area contributed by atoms with Gasteiger partial charge in [0.05, 0.1) is 0 Å². The quantitative estimate of drug-likeness (QED) is 0.629. The zero-order valence-electron chi connectivity index (χ0n) is 12.5. The molecule has 0 saturated carbocycles. The van der Waals surface area contributed by atoms with Crippen LogP contribution in [0.4, 0.5) is 0 Å². The average Bonchev–Trinajstić information content (AvgIpc) is 2.57. The normalized spacial score (nSPS) is 10.2. The molecule has 3 rings (SSSR count). The van der Waals surface area contributed by atoms with Crippen LogP contribution < -0.4 is 9.47 Å². The summed E-state index contributed by atoms with van der Waals surface area (Å²) in [5, 5.41) is 0. The van der Waals surface area contributed by atoms with Crippen molar-refractivity contribution in [2.75, 3.05) is 0 Å². The average molecular weight is 290 g/mol. The summed E-state index contributed by atoms with van der Waals surface area (Å²) in [5.74, 6) is 2.27. The van der Waals surface area contributed by atoms with E-state index >= 15 is 0 Å². The molecular formula is C20H18O2. The smallest absolute Gasteiger partial charge is 0.169 e. The van der Waals surface area contributed by atoms with Gasteiger partial charge in [-0.1, -0.05) is 60.2 Å². The van der Waals surface area contributed by atoms with Crippen LogP contribution in [-0.2, 0) is 6.61 Å². The van der Waals surface area contributed by atoms with Crippen LogP contribution in [0.3, 0.4) is 0 Å².